The van der Waals surface area contributed by atoms with Crippen LogP contribution in [0, 0.1) is 13.8 Å². The molecule has 34 heavy (non-hydrogen) atoms. The van der Waals surface area contributed by atoms with Gasteiger partial charge in [-0.3, -0.25) is 9.69 Å². The summed E-state index contributed by atoms with van der Waals surface area (Å²) in [5, 5.41) is 0. The van der Waals surface area contributed by atoms with Crippen molar-refractivity contribution in [2.45, 2.75) is 20.4 Å². The molecule has 1 fully saturated rings. The van der Waals surface area contributed by atoms with Crippen LogP contribution in [0.15, 0.2) is 76.1 Å². The first kappa shape index (κ1) is 24.5. The molecule has 4 nitrogen and oxygen atoms in total. The number of ether oxygens (including phenoxy) is 2. The molecule has 0 atom stereocenters. The van der Waals surface area contributed by atoms with Crippen LogP contribution in [0.3, 0.4) is 0 Å². The van der Waals surface area contributed by atoms with Crippen molar-refractivity contribution >= 4 is 56.2 Å². The number of thiocarbonyl (C=S) groups is 1. The number of hydrogen-bond acceptors (Lipinski definition) is 5. The Kier molecular flexibility index (Phi) is 8.08. The quantitative estimate of drug-likeness (QED) is 0.172. The van der Waals surface area contributed by atoms with Gasteiger partial charge < -0.3 is 9.47 Å². The van der Waals surface area contributed by atoms with Crippen molar-refractivity contribution in [3.63, 3.8) is 0 Å². The van der Waals surface area contributed by atoms with E-state index < -0.39 is 0 Å². The Bertz CT molecular complexity index is 1240. The van der Waals surface area contributed by atoms with Crippen LogP contribution >= 0.6 is 39.9 Å². The van der Waals surface area contributed by atoms with Crippen LogP contribution in [-0.4, -0.2) is 28.3 Å². The predicted molar refractivity (Wildman–Crippen MR) is 146 cm³/mol. The molecule has 1 amide bonds. The standard InChI is InChI=1S/C27H24BrNO3S2/c1-18-8-10-23(19(2)14-18)31-12-13-32-24-11-9-22(28)15-21(24)16-25-26(30)29(27(33)34-25)17-20-6-4-3-5-7-20/h3-11,14-16H,12-13,17H2,1-2H3. The normalized spacial score (nSPS) is 14.7. The zero-order valence-corrected chi connectivity index (χ0v) is 22.1. The highest BCUT2D eigenvalue weighted by Crippen LogP contribution is 2.36. The largest absolute Gasteiger partial charge is 0.490 e. The molecule has 7 heteroatoms. The first-order chi connectivity index (χ1) is 16.4. The highest BCUT2D eigenvalue weighted by molar-refractivity contribution is 9.10. The second-order valence-corrected chi connectivity index (χ2v) is 10.5. The third-order valence-corrected chi connectivity index (χ3v) is 7.12. The van der Waals surface area contributed by atoms with E-state index in [2.05, 4.69) is 28.9 Å². The highest BCUT2D eigenvalue weighted by atomic mass is 79.9. The molecule has 0 aromatic heterocycles. The molecule has 0 N–H and O–H groups in total. The fourth-order valence-electron chi connectivity index (χ4n) is 3.57. The first-order valence-electron chi connectivity index (χ1n) is 10.8. The summed E-state index contributed by atoms with van der Waals surface area (Å²) in [7, 11) is 0. The summed E-state index contributed by atoms with van der Waals surface area (Å²) in [5.74, 6) is 1.44. The van der Waals surface area contributed by atoms with Gasteiger partial charge in [0.05, 0.1) is 11.4 Å². The molecule has 3 aromatic carbocycles. The second-order valence-electron chi connectivity index (χ2n) is 7.90. The van der Waals surface area contributed by atoms with E-state index in [4.69, 9.17) is 21.7 Å². The summed E-state index contributed by atoms with van der Waals surface area (Å²) in [6.07, 6.45) is 1.84. The Balaban J connectivity index is 1.44. The molecule has 1 aliphatic rings. The van der Waals surface area contributed by atoms with E-state index >= 15 is 0 Å². The third-order valence-electron chi connectivity index (χ3n) is 5.24. The van der Waals surface area contributed by atoms with Gasteiger partial charge in [0, 0.05) is 10.0 Å². The molecule has 3 aromatic rings. The van der Waals surface area contributed by atoms with Gasteiger partial charge in [0.25, 0.3) is 5.91 Å². The number of halogens is 1. The molecule has 0 unspecified atom stereocenters. The molecule has 0 radical (unpaired) electrons. The van der Waals surface area contributed by atoms with Gasteiger partial charge in [0.15, 0.2) is 0 Å². The molecular weight excluding hydrogens is 530 g/mol. The van der Waals surface area contributed by atoms with Gasteiger partial charge in [-0.05, 0) is 55.3 Å². The van der Waals surface area contributed by atoms with Crippen molar-refractivity contribution in [3.8, 4) is 11.5 Å². The summed E-state index contributed by atoms with van der Waals surface area (Å²) >= 11 is 10.3. The van der Waals surface area contributed by atoms with Crippen LogP contribution < -0.4 is 9.47 Å². The minimum atomic E-state index is -0.0945. The number of amides is 1. The maximum atomic E-state index is 13.1. The van der Waals surface area contributed by atoms with Crippen LogP contribution in [-0.2, 0) is 11.3 Å². The van der Waals surface area contributed by atoms with Crippen LogP contribution in [0.5, 0.6) is 11.5 Å². The van der Waals surface area contributed by atoms with Crippen molar-refractivity contribution in [2.24, 2.45) is 0 Å². The minimum absolute atomic E-state index is 0.0945. The van der Waals surface area contributed by atoms with E-state index in [1.54, 1.807) is 4.90 Å². The number of hydrogen-bond donors (Lipinski definition) is 0. The van der Waals surface area contributed by atoms with Gasteiger partial charge in [-0.1, -0.05) is 87.9 Å². The zero-order valence-electron chi connectivity index (χ0n) is 18.9. The highest BCUT2D eigenvalue weighted by Gasteiger charge is 2.32. The monoisotopic (exact) mass is 553 g/mol. The van der Waals surface area contributed by atoms with E-state index in [0.717, 1.165) is 26.9 Å². The lowest BCUT2D eigenvalue weighted by molar-refractivity contribution is -0.122. The summed E-state index contributed by atoms with van der Waals surface area (Å²) in [4.78, 5) is 15.3. The van der Waals surface area contributed by atoms with Gasteiger partial charge in [0.1, 0.15) is 29.0 Å². The fraction of sp³-hybridized carbons (Fsp3) is 0.185. The Morgan fingerprint density at radius 2 is 1.68 bits per heavy atom. The average Bonchev–Trinajstić information content (AvgIpc) is 3.07. The predicted octanol–water partition coefficient (Wildman–Crippen LogP) is 6.93. The molecule has 1 saturated heterocycles. The maximum Gasteiger partial charge on any atom is 0.266 e. The summed E-state index contributed by atoms with van der Waals surface area (Å²) in [6.45, 7) is 5.35. The van der Waals surface area contributed by atoms with Gasteiger partial charge in [-0.2, -0.15) is 0 Å². The number of nitrogens with zero attached hydrogens (tertiary/aromatic N) is 1. The van der Waals surface area contributed by atoms with Crippen LogP contribution in [0.25, 0.3) is 6.08 Å². The molecule has 174 valence electrons. The molecular formula is C27H24BrNO3S2. The summed E-state index contributed by atoms with van der Waals surface area (Å²) in [6, 6.07) is 21.7. The molecule has 0 spiro atoms. The Morgan fingerprint density at radius 3 is 2.41 bits per heavy atom. The van der Waals surface area contributed by atoms with Crippen molar-refractivity contribution in [3.05, 3.63) is 98.4 Å². The lowest BCUT2D eigenvalue weighted by atomic mass is 10.1. The van der Waals surface area contributed by atoms with Crippen molar-refractivity contribution < 1.29 is 14.3 Å². The van der Waals surface area contributed by atoms with Crippen molar-refractivity contribution in [2.75, 3.05) is 13.2 Å². The lowest BCUT2D eigenvalue weighted by Gasteiger charge is -2.14. The van der Waals surface area contributed by atoms with Crippen molar-refractivity contribution in [1.82, 2.24) is 4.90 Å². The number of aryl methyl sites for hydroxylation is 2. The lowest BCUT2D eigenvalue weighted by Crippen LogP contribution is -2.27. The molecule has 1 aliphatic heterocycles. The maximum absolute atomic E-state index is 13.1. The van der Waals surface area contributed by atoms with E-state index in [9.17, 15) is 4.79 Å². The third kappa shape index (κ3) is 6.09. The topological polar surface area (TPSA) is 38.8 Å². The smallest absolute Gasteiger partial charge is 0.266 e. The minimum Gasteiger partial charge on any atom is -0.490 e. The second kappa shape index (κ2) is 11.2. The van der Waals surface area contributed by atoms with Crippen LogP contribution in [0.1, 0.15) is 22.3 Å². The number of rotatable bonds is 8. The molecule has 0 aliphatic carbocycles. The van der Waals surface area contributed by atoms with Gasteiger partial charge >= 0.3 is 0 Å². The van der Waals surface area contributed by atoms with Crippen molar-refractivity contribution in [1.29, 1.82) is 0 Å². The van der Waals surface area contributed by atoms with Crippen LogP contribution in [0.4, 0.5) is 0 Å². The van der Waals surface area contributed by atoms with E-state index in [0.29, 0.717) is 34.7 Å². The zero-order chi connectivity index (χ0) is 24.1. The first-order valence-corrected chi connectivity index (χ1v) is 12.8. The number of carbonyl (C=O) groups excluding carboxylic acids is 1. The van der Waals surface area contributed by atoms with E-state index in [1.165, 1.54) is 17.3 Å². The molecule has 1 heterocycles. The van der Waals surface area contributed by atoms with E-state index in [1.807, 2.05) is 73.7 Å². The van der Waals surface area contributed by atoms with Crippen LogP contribution in [0.2, 0.25) is 0 Å². The average molecular weight is 555 g/mol. The SMILES string of the molecule is Cc1ccc(OCCOc2ccc(Br)cc2C=C2SC(=S)N(Cc3ccccc3)C2=O)c(C)c1. The Hall–Kier alpha value is -2.61. The van der Waals surface area contributed by atoms with Gasteiger partial charge in [-0.25, -0.2) is 0 Å². The van der Waals surface area contributed by atoms with E-state index in [-0.39, 0.29) is 5.91 Å². The summed E-state index contributed by atoms with van der Waals surface area (Å²) in [5.41, 5.74) is 4.15. The number of thioether (sulfide) groups is 1. The number of carbonyl (C=O) groups is 1. The summed E-state index contributed by atoms with van der Waals surface area (Å²) < 4.78 is 13.4. The molecule has 0 bridgehead atoms. The molecule has 0 saturated carbocycles. The van der Waals surface area contributed by atoms with Gasteiger partial charge in [0.2, 0.25) is 0 Å². The van der Waals surface area contributed by atoms with Gasteiger partial charge in [-0.15, -0.1) is 0 Å². The Labute approximate surface area is 218 Å². The fourth-order valence-corrected chi connectivity index (χ4v) is 5.20. The number of benzene rings is 3. The molecule has 4 rings (SSSR count). The Morgan fingerprint density at radius 1 is 0.971 bits per heavy atom.